The van der Waals surface area contributed by atoms with Gasteiger partial charge in [-0.2, -0.15) is 0 Å². The molecule has 0 atom stereocenters. The maximum Gasteiger partial charge on any atom is 0.0540 e. The summed E-state index contributed by atoms with van der Waals surface area (Å²) in [7, 11) is 2.16. The summed E-state index contributed by atoms with van der Waals surface area (Å²) in [5.41, 5.74) is 15.9. The fraction of sp³-hybridized carbons (Fsp3) is 0.0741. The molecule has 0 aliphatic heterocycles. The van der Waals surface area contributed by atoms with E-state index in [1.165, 1.54) is 83.1 Å². The summed E-state index contributed by atoms with van der Waals surface area (Å²) in [6.45, 7) is 4.77. The number of nitrogens with zero attached hydrogens (tertiary/aromatic N) is 2. The predicted octanol–water partition coefficient (Wildman–Crippen LogP) is 14.9. The molecule has 0 heterocycles. The highest BCUT2D eigenvalue weighted by atomic mass is 15.1. The van der Waals surface area contributed by atoms with Crippen molar-refractivity contribution in [2.24, 2.45) is 0 Å². The fourth-order valence-corrected chi connectivity index (χ4v) is 9.00. The van der Waals surface area contributed by atoms with Crippen molar-refractivity contribution in [1.29, 1.82) is 0 Å². The number of rotatable bonds is 7. The van der Waals surface area contributed by atoms with E-state index in [1.807, 2.05) is 0 Å². The maximum atomic E-state index is 2.47. The number of hydrogen-bond acceptors (Lipinski definition) is 2. The van der Waals surface area contributed by atoms with Crippen molar-refractivity contribution in [3.8, 4) is 33.4 Å². The molecule has 2 nitrogen and oxygen atoms in total. The number of hydrogen-bond donors (Lipinski definition) is 0. The molecule has 9 aromatic rings. The van der Waals surface area contributed by atoms with E-state index in [0.717, 1.165) is 11.4 Å². The molecule has 0 bridgehead atoms. The second kappa shape index (κ2) is 13.4. The molecule has 0 radical (unpaired) electrons. The van der Waals surface area contributed by atoms with Gasteiger partial charge in [-0.15, -0.1) is 0 Å². The maximum absolute atomic E-state index is 2.47. The zero-order valence-corrected chi connectivity index (χ0v) is 31.9. The predicted molar refractivity (Wildman–Crippen MR) is 239 cm³/mol. The molecule has 1 aliphatic carbocycles. The highest BCUT2D eigenvalue weighted by molar-refractivity contribution is 6.05. The van der Waals surface area contributed by atoms with E-state index >= 15 is 0 Å². The van der Waals surface area contributed by atoms with Crippen LogP contribution < -0.4 is 9.80 Å². The van der Waals surface area contributed by atoms with E-state index in [1.54, 1.807) is 0 Å². The molecule has 0 fully saturated rings. The van der Waals surface area contributed by atoms with Crippen molar-refractivity contribution < 1.29 is 0 Å². The number of anilines is 5. The van der Waals surface area contributed by atoms with Crippen LogP contribution >= 0.6 is 0 Å². The minimum atomic E-state index is -0.193. The lowest BCUT2D eigenvalue weighted by atomic mass is 9.81. The topological polar surface area (TPSA) is 6.48 Å². The third kappa shape index (κ3) is 5.48. The normalized spacial score (nSPS) is 12.7. The summed E-state index contributed by atoms with van der Waals surface area (Å²) >= 11 is 0. The summed E-state index contributed by atoms with van der Waals surface area (Å²) in [5.74, 6) is 0. The zero-order chi connectivity index (χ0) is 37.8. The molecule has 0 unspecified atom stereocenters. The van der Waals surface area contributed by atoms with E-state index in [4.69, 9.17) is 0 Å². The second-order valence-corrected chi connectivity index (χ2v) is 15.4. The molecule has 0 saturated heterocycles. The Morgan fingerprint density at radius 2 is 0.893 bits per heavy atom. The Balaban J connectivity index is 1.07. The van der Waals surface area contributed by atoms with Crippen LogP contribution in [0.5, 0.6) is 0 Å². The Morgan fingerprint density at radius 1 is 0.375 bits per heavy atom. The summed E-state index contributed by atoms with van der Waals surface area (Å²) in [6, 6.07) is 73.1. The second-order valence-electron chi connectivity index (χ2n) is 15.4. The number of benzene rings is 9. The van der Waals surface area contributed by atoms with Crippen LogP contribution in [0.1, 0.15) is 25.0 Å². The van der Waals surface area contributed by atoms with E-state index in [0.29, 0.717) is 0 Å². The van der Waals surface area contributed by atoms with Gasteiger partial charge in [0.2, 0.25) is 0 Å². The van der Waals surface area contributed by atoms with Gasteiger partial charge in [0.15, 0.2) is 0 Å². The molecule has 0 spiro atoms. The van der Waals surface area contributed by atoms with E-state index in [-0.39, 0.29) is 5.41 Å². The average Bonchev–Trinajstić information content (AvgIpc) is 3.49. The van der Waals surface area contributed by atoms with Gasteiger partial charge >= 0.3 is 0 Å². The molecule has 0 aromatic heterocycles. The molecule has 268 valence electrons. The van der Waals surface area contributed by atoms with Crippen LogP contribution in [0.25, 0.3) is 54.9 Å². The van der Waals surface area contributed by atoms with Gasteiger partial charge in [-0.25, -0.2) is 0 Å². The highest BCUT2D eigenvalue weighted by Gasteiger charge is 2.37. The SMILES string of the molecule is CN(c1ccc(-c2cccc3c2-c2ccc(N(c4cccc5ccccc45)c4cccc5ccccc45)cc2C3(C)C)cc1)c1ccccc1-c1ccccc1. The van der Waals surface area contributed by atoms with Gasteiger partial charge in [0.25, 0.3) is 0 Å². The van der Waals surface area contributed by atoms with Gasteiger partial charge in [0, 0.05) is 45.9 Å². The van der Waals surface area contributed by atoms with Crippen molar-refractivity contribution in [3.05, 3.63) is 211 Å². The van der Waals surface area contributed by atoms with Gasteiger partial charge in [-0.1, -0.05) is 172 Å². The lowest BCUT2D eigenvalue weighted by Crippen LogP contribution is -2.17. The first-order valence-electron chi connectivity index (χ1n) is 19.5. The standard InChI is InChI=1S/C54H42N2/c1-54(2)48-26-15-25-46(40-30-32-41(33-31-40)55(3)50-27-12-11-22-43(50)37-16-5-4-6-17-37)53(48)47-35-34-42(36-49(47)54)56(51-28-13-20-38-18-7-9-23-44(38)51)52-29-14-21-39-19-8-10-24-45(39)52/h4-36H,1-3H3. The van der Waals surface area contributed by atoms with Crippen LogP contribution in [0.15, 0.2) is 200 Å². The minimum Gasteiger partial charge on any atom is -0.344 e. The van der Waals surface area contributed by atoms with Crippen molar-refractivity contribution in [3.63, 3.8) is 0 Å². The summed E-state index contributed by atoms with van der Waals surface area (Å²) in [6.07, 6.45) is 0. The third-order valence-electron chi connectivity index (χ3n) is 11.9. The average molecular weight is 719 g/mol. The molecule has 0 saturated carbocycles. The van der Waals surface area contributed by atoms with Gasteiger partial charge < -0.3 is 9.80 Å². The summed E-state index contributed by atoms with van der Waals surface area (Å²) < 4.78 is 0. The number of para-hydroxylation sites is 1. The molecule has 9 aromatic carbocycles. The van der Waals surface area contributed by atoms with Crippen LogP contribution in [-0.4, -0.2) is 7.05 Å². The molecule has 1 aliphatic rings. The first-order valence-corrected chi connectivity index (χ1v) is 19.5. The monoisotopic (exact) mass is 718 g/mol. The third-order valence-corrected chi connectivity index (χ3v) is 11.9. The molecule has 56 heavy (non-hydrogen) atoms. The van der Waals surface area contributed by atoms with Crippen LogP contribution in [-0.2, 0) is 5.41 Å². The first-order chi connectivity index (χ1) is 27.5. The lowest BCUT2D eigenvalue weighted by molar-refractivity contribution is 0.660. The van der Waals surface area contributed by atoms with Gasteiger partial charge in [0.1, 0.15) is 0 Å². The minimum absolute atomic E-state index is 0.193. The van der Waals surface area contributed by atoms with Crippen LogP contribution in [0.4, 0.5) is 28.4 Å². The van der Waals surface area contributed by atoms with E-state index in [2.05, 4.69) is 231 Å². The van der Waals surface area contributed by atoms with Crippen LogP contribution in [0.3, 0.4) is 0 Å². The smallest absolute Gasteiger partial charge is 0.0540 e. The highest BCUT2D eigenvalue weighted by Crippen LogP contribution is 2.54. The quantitative estimate of drug-likeness (QED) is 0.162. The van der Waals surface area contributed by atoms with Crippen molar-refractivity contribution in [2.45, 2.75) is 19.3 Å². The zero-order valence-electron chi connectivity index (χ0n) is 31.9. The van der Waals surface area contributed by atoms with Crippen LogP contribution in [0.2, 0.25) is 0 Å². The Bertz CT molecular complexity index is 2820. The van der Waals surface area contributed by atoms with E-state index < -0.39 is 0 Å². The molecular weight excluding hydrogens is 677 g/mol. The van der Waals surface area contributed by atoms with Gasteiger partial charge in [0.05, 0.1) is 11.4 Å². The Morgan fingerprint density at radius 3 is 1.59 bits per heavy atom. The van der Waals surface area contributed by atoms with E-state index in [9.17, 15) is 0 Å². The summed E-state index contributed by atoms with van der Waals surface area (Å²) in [5, 5.41) is 4.91. The number of fused-ring (bicyclic) bond motifs is 5. The lowest BCUT2D eigenvalue weighted by Gasteiger charge is -2.30. The van der Waals surface area contributed by atoms with Crippen molar-refractivity contribution in [1.82, 2.24) is 0 Å². The molecule has 2 heteroatoms. The Kier molecular flexibility index (Phi) is 8.08. The molecule has 10 rings (SSSR count). The van der Waals surface area contributed by atoms with Crippen molar-refractivity contribution in [2.75, 3.05) is 16.8 Å². The molecular formula is C54H42N2. The molecule has 0 N–H and O–H groups in total. The Hall–Kier alpha value is -6.90. The molecule has 0 amide bonds. The van der Waals surface area contributed by atoms with Crippen LogP contribution in [0, 0.1) is 0 Å². The summed E-state index contributed by atoms with van der Waals surface area (Å²) in [4.78, 5) is 4.76. The van der Waals surface area contributed by atoms with Gasteiger partial charge in [-0.05, 0) is 92.2 Å². The Labute approximate surface area is 329 Å². The van der Waals surface area contributed by atoms with Crippen molar-refractivity contribution >= 4 is 50.0 Å². The largest absolute Gasteiger partial charge is 0.344 e. The van der Waals surface area contributed by atoms with Gasteiger partial charge in [-0.3, -0.25) is 0 Å². The first kappa shape index (κ1) is 33.7. The fourth-order valence-electron chi connectivity index (χ4n) is 9.00.